The van der Waals surface area contributed by atoms with Gasteiger partial charge in [-0.1, -0.05) is 19.1 Å². The van der Waals surface area contributed by atoms with Crippen molar-refractivity contribution in [2.45, 2.75) is 58.5 Å². The van der Waals surface area contributed by atoms with Crippen LogP contribution in [0.25, 0.3) is 0 Å². The van der Waals surface area contributed by atoms with Gasteiger partial charge in [0.25, 0.3) is 0 Å². The molecule has 0 saturated carbocycles. The van der Waals surface area contributed by atoms with Crippen LogP contribution in [0.4, 0.5) is 5.82 Å². The number of ether oxygens (including phenoxy) is 1. The summed E-state index contributed by atoms with van der Waals surface area (Å²) in [6, 6.07) is 7.59. The molecule has 1 atom stereocenters. The highest BCUT2D eigenvalue weighted by atomic mass is 16.5. The third-order valence-corrected chi connectivity index (χ3v) is 5.99. The molecule has 1 aromatic carbocycles. The second kappa shape index (κ2) is 8.42. The number of aryl methyl sites for hydroxylation is 1. The zero-order valence-corrected chi connectivity index (χ0v) is 17.9. The molecule has 0 aliphatic carbocycles. The van der Waals surface area contributed by atoms with Crippen molar-refractivity contribution in [3.05, 3.63) is 46.9 Å². The third kappa shape index (κ3) is 3.76. The van der Waals surface area contributed by atoms with Gasteiger partial charge in [-0.3, -0.25) is 14.5 Å². The fourth-order valence-electron chi connectivity index (χ4n) is 4.36. The monoisotopic (exact) mass is 408 g/mol. The molecule has 0 unspecified atom stereocenters. The summed E-state index contributed by atoms with van der Waals surface area (Å²) in [7, 11) is 1.63. The van der Waals surface area contributed by atoms with Gasteiger partial charge in [-0.05, 0) is 43.9 Å². The molecule has 2 aromatic rings. The molecule has 0 bridgehead atoms. The van der Waals surface area contributed by atoms with E-state index < -0.39 is 0 Å². The summed E-state index contributed by atoms with van der Waals surface area (Å²) < 4.78 is 5.31. The summed E-state index contributed by atoms with van der Waals surface area (Å²) in [4.78, 5) is 38.5. The predicted octanol–water partition coefficient (Wildman–Crippen LogP) is 3.35. The summed E-state index contributed by atoms with van der Waals surface area (Å²) in [6.07, 6.45) is 3.69. The van der Waals surface area contributed by atoms with E-state index in [1.807, 2.05) is 43.0 Å². The van der Waals surface area contributed by atoms with Gasteiger partial charge in [0.2, 0.25) is 11.8 Å². The van der Waals surface area contributed by atoms with Crippen molar-refractivity contribution in [1.29, 1.82) is 0 Å². The minimum atomic E-state index is -0.121. The first-order valence-electron chi connectivity index (χ1n) is 10.6. The van der Waals surface area contributed by atoms with E-state index in [0.29, 0.717) is 31.0 Å². The molecule has 7 nitrogen and oxygen atoms in total. The van der Waals surface area contributed by atoms with Gasteiger partial charge < -0.3 is 9.64 Å². The topological polar surface area (TPSA) is 75.6 Å². The van der Waals surface area contributed by atoms with Gasteiger partial charge in [0.15, 0.2) is 5.82 Å². The Morgan fingerprint density at radius 1 is 1.27 bits per heavy atom. The molecule has 4 rings (SSSR count). The minimum Gasteiger partial charge on any atom is -0.497 e. The van der Waals surface area contributed by atoms with Crippen molar-refractivity contribution in [1.82, 2.24) is 14.9 Å². The predicted molar refractivity (Wildman–Crippen MR) is 113 cm³/mol. The molecule has 0 spiro atoms. The second-order valence-corrected chi connectivity index (χ2v) is 7.93. The molecule has 1 fully saturated rings. The summed E-state index contributed by atoms with van der Waals surface area (Å²) in [5.74, 6) is 2.24. The normalized spacial score (nSPS) is 18.5. The molecule has 30 heavy (non-hydrogen) atoms. The van der Waals surface area contributed by atoms with Crippen LogP contribution in [0.3, 0.4) is 0 Å². The van der Waals surface area contributed by atoms with E-state index in [2.05, 4.69) is 0 Å². The van der Waals surface area contributed by atoms with Crippen LogP contribution in [-0.4, -0.2) is 40.3 Å². The van der Waals surface area contributed by atoms with E-state index in [9.17, 15) is 9.59 Å². The van der Waals surface area contributed by atoms with Crippen molar-refractivity contribution >= 4 is 17.6 Å². The van der Waals surface area contributed by atoms with Crippen LogP contribution < -0.4 is 9.64 Å². The molecule has 2 aliphatic rings. The number of amides is 2. The summed E-state index contributed by atoms with van der Waals surface area (Å²) in [6.45, 7) is 4.99. The van der Waals surface area contributed by atoms with Gasteiger partial charge in [0, 0.05) is 24.2 Å². The highest BCUT2D eigenvalue weighted by molar-refractivity contribution is 6.00. The van der Waals surface area contributed by atoms with Gasteiger partial charge >= 0.3 is 0 Å². The van der Waals surface area contributed by atoms with Crippen LogP contribution in [0, 0.1) is 6.92 Å². The van der Waals surface area contributed by atoms with Crippen LogP contribution in [0.2, 0.25) is 0 Å². The SMILES string of the molecule is CCC(=O)N1CCCC[C@@H]1c1nc(C)c2c(n1)N(Cc1cccc(OC)c1)C(=O)C2. The quantitative estimate of drug-likeness (QED) is 0.758. The van der Waals surface area contributed by atoms with Crippen LogP contribution in [-0.2, 0) is 22.6 Å². The maximum atomic E-state index is 12.8. The molecule has 0 radical (unpaired) electrons. The zero-order chi connectivity index (χ0) is 21.3. The van der Waals surface area contributed by atoms with Crippen molar-refractivity contribution in [3.8, 4) is 5.75 Å². The Labute approximate surface area is 177 Å². The molecule has 0 N–H and O–H groups in total. The van der Waals surface area contributed by atoms with Gasteiger partial charge in [-0.25, -0.2) is 9.97 Å². The van der Waals surface area contributed by atoms with Crippen molar-refractivity contribution in [2.24, 2.45) is 0 Å². The number of methoxy groups -OCH3 is 1. The first-order chi connectivity index (χ1) is 14.5. The Morgan fingerprint density at radius 2 is 2.10 bits per heavy atom. The number of carbonyl (C=O) groups is 2. The maximum Gasteiger partial charge on any atom is 0.233 e. The number of hydrogen-bond donors (Lipinski definition) is 0. The number of likely N-dealkylation sites (tertiary alicyclic amines) is 1. The Kier molecular flexibility index (Phi) is 5.70. The van der Waals surface area contributed by atoms with E-state index in [4.69, 9.17) is 14.7 Å². The Hall–Kier alpha value is -2.96. The number of benzene rings is 1. The number of carbonyl (C=O) groups excluding carboxylic acids is 2. The lowest BCUT2D eigenvalue weighted by molar-refractivity contribution is -0.135. The maximum absolute atomic E-state index is 12.8. The van der Waals surface area contributed by atoms with E-state index >= 15 is 0 Å². The first kappa shape index (κ1) is 20.3. The molecule has 158 valence electrons. The summed E-state index contributed by atoms with van der Waals surface area (Å²) >= 11 is 0. The third-order valence-electron chi connectivity index (χ3n) is 5.99. The van der Waals surface area contributed by atoms with Crippen molar-refractivity contribution < 1.29 is 14.3 Å². The fraction of sp³-hybridized carbons (Fsp3) is 0.478. The van der Waals surface area contributed by atoms with Crippen LogP contribution >= 0.6 is 0 Å². The lowest BCUT2D eigenvalue weighted by Crippen LogP contribution is -2.39. The fourth-order valence-corrected chi connectivity index (χ4v) is 4.36. The largest absolute Gasteiger partial charge is 0.497 e. The number of piperidine rings is 1. The lowest BCUT2D eigenvalue weighted by Gasteiger charge is -2.35. The highest BCUT2D eigenvalue weighted by Gasteiger charge is 2.35. The van der Waals surface area contributed by atoms with Crippen molar-refractivity contribution in [3.63, 3.8) is 0 Å². The number of rotatable bonds is 5. The number of anilines is 1. The molecule has 2 amide bonds. The van der Waals surface area contributed by atoms with E-state index in [-0.39, 0.29) is 17.9 Å². The van der Waals surface area contributed by atoms with Gasteiger partial charge in [0.05, 0.1) is 26.1 Å². The van der Waals surface area contributed by atoms with E-state index in [1.54, 1.807) is 12.0 Å². The Bertz CT molecular complexity index is 975. The summed E-state index contributed by atoms with van der Waals surface area (Å²) in [5.41, 5.74) is 2.69. The van der Waals surface area contributed by atoms with Gasteiger partial charge in [-0.2, -0.15) is 0 Å². The van der Waals surface area contributed by atoms with Gasteiger partial charge in [0.1, 0.15) is 11.6 Å². The molecule has 1 aromatic heterocycles. The van der Waals surface area contributed by atoms with Crippen LogP contribution in [0.15, 0.2) is 24.3 Å². The summed E-state index contributed by atoms with van der Waals surface area (Å²) in [5, 5.41) is 0. The number of aromatic nitrogens is 2. The Balaban J connectivity index is 1.68. The standard InChI is InChI=1S/C23H28N4O3/c1-4-20(28)26-11-6-5-10-19(26)22-24-15(2)18-13-21(29)27(23(18)25-22)14-16-8-7-9-17(12-16)30-3/h7-9,12,19H,4-6,10-11,13-14H2,1-3H3/t19-/m1/s1. The first-order valence-corrected chi connectivity index (χ1v) is 10.6. The lowest BCUT2D eigenvalue weighted by atomic mass is 10.0. The molecule has 3 heterocycles. The highest BCUT2D eigenvalue weighted by Crippen LogP contribution is 2.35. The molecule has 2 aliphatic heterocycles. The molecule has 1 saturated heterocycles. The van der Waals surface area contributed by atoms with Gasteiger partial charge in [-0.15, -0.1) is 0 Å². The van der Waals surface area contributed by atoms with Crippen LogP contribution in [0.5, 0.6) is 5.75 Å². The smallest absolute Gasteiger partial charge is 0.233 e. The zero-order valence-electron chi connectivity index (χ0n) is 17.9. The van der Waals surface area contributed by atoms with E-state index in [1.165, 1.54) is 0 Å². The van der Waals surface area contributed by atoms with E-state index in [0.717, 1.165) is 48.4 Å². The second-order valence-electron chi connectivity index (χ2n) is 7.93. The Morgan fingerprint density at radius 3 is 2.87 bits per heavy atom. The average Bonchev–Trinajstić information content (AvgIpc) is 3.09. The molecule has 7 heteroatoms. The number of nitrogens with zero attached hydrogens (tertiary/aromatic N) is 4. The van der Waals surface area contributed by atoms with Crippen molar-refractivity contribution in [2.75, 3.05) is 18.6 Å². The molecular weight excluding hydrogens is 380 g/mol. The van der Waals surface area contributed by atoms with Crippen LogP contribution in [0.1, 0.15) is 61.3 Å². The number of hydrogen-bond acceptors (Lipinski definition) is 5. The number of fused-ring (bicyclic) bond motifs is 1. The molecular formula is C23H28N4O3. The average molecular weight is 409 g/mol. The minimum absolute atomic E-state index is 0.0208.